The number of hydrogen-bond donors (Lipinski definition) is 2. The molecular formula is C18H38N2OS2. The summed E-state index contributed by atoms with van der Waals surface area (Å²) < 4.78 is 0. The number of nitrogens with one attached hydrogen (secondary N) is 1. The maximum Gasteiger partial charge on any atom is 0.219 e. The van der Waals surface area contributed by atoms with Gasteiger partial charge in [0.15, 0.2) is 0 Å². The molecule has 138 valence electrons. The summed E-state index contributed by atoms with van der Waals surface area (Å²) in [5.74, 6) is 2.75. The van der Waals surface area contributed by atoms with Crippen molar-refractivity contribution in [1.29, 1.82) is 0 Å². The van der Waals surface area contributed by atoms with E-state index in [0.717, 1.165) is 38.8 Å². The fraction of sp³-hybridized carbons (Fsp3) is 0.944. The van der Waals surface area contributed by atoms with Crippen molar-refractivity contribution in [2.24, 2.45) is 5.73 Å². The lowest BCUT2D eigenvalue weighted by Crippen LogP contribution is -2.24. The molecule has 0 radical (unpaired) electrons. The number of carbonyl (C=O) groups excluding carboxylic acids is 1. The quantitative estimate of drug-likeness (QED) is 0.262. The number of unbranched alkanes of at least 4 members (excludes halogenated alkanes) is 9. The van der Waals surface area contributed by atoms with Gasteiger partial charge < -0.3 is 11.1 Å². The van der Waals surface area contributed by atoms with Gasteiger partial charge in [-0.1, -0.05) is 73.5 Å². The van der Waals surface area contributed by atoms with Gasteiger partial charge in [0.05, 0.1) is 0 Å². The molecule has 0 heterocycles. The van der Waals surface area contributed by atoms with Gasteiger partial charge in [-0.2, -0.15) is 0 Å². The standard InChI is InChI=1S/C18H38N2OS2/c1-2-22-23-17-13-8-6-4-3-5-7-10-14-18(21)20-16-12-9-11-15-19/h2-17,19H2,1H3,(H,20,21). The van der Waals surface area contributed by atoms with Gasteiger partial charge >= 0.3 is 0 Å². The third-order valence-electron chi connectivity index (χ3n) is 3.79. The van der Waals surface area contributed by atoms with Gasteiger partial charge in [-0.05, 0) is 32.2 Å². The highest BCUT2D eigenvalue weighted by atomic mass is 33.1. The van der Waals surface area contributed by atoms with E-state index >= 15 is 0 Å². The van der Waals surface area contributed by atoms with Crippen LogP contribution >= 0.6 is 21.6 Å². The first-order valence-electron chi connectivity index (χ1n) is 9.52. The lowest BCUT2D eigenvalue weighted by atomic mass is 10.1. The van der Waals surface area contributed by atoms with E-state index in [-0.39, 0.29) is 5.91 Å². The molecule has 0 aromatic carbocycles. The minimum Gasteiger partial charge on any atom is -0.356 e. The van der Waals surface area contributed by atoms with Gasteiger partial charge in [-0.3, -0.25) is 4.79 Å². The second kappa shape index (κ2) is 20.2. The Labute approximate surface area is 152 Å². The van der Waals surface area contributed by atoms with Crippen molar-refractivity contribution in [2.75, 3.05) is 24.6 Å². The lowest BCUT2D eigenvalue weighted by Gasteiger charge is -2.05. The number of amides is 1. The van der Waals surface area contributed by atoms with Crippen LogP contribution in [0.2, 0.25) is 0 Å². The predicted octanol–water partition coefficient (Wildman–Crippen LogP) is 5.14. The molecule has 0 aliphatic heterocycles. The second-order valence-electron chi connectivity index (χ2n) is 6.01. The van der Waals surface area contributed by atoms with Gasteiger partial charge in [-0.15, -0.1) is 0 Å². The highest BCUT2D eigenvalue weighted by Crippen LogP contribution is 2.22. The van der Waals surface area contributed by atoms with E-state index in [1.807, 2.05) is 21.6 Å². The minimum absolute atomic E-state index is 0.222. The Hall–Kier alpha value is 0.130. The van der Waals surface area contributed by atoms with Crippen molar-refractivity contribution < 1.29 is 4.79 Å². The zero-order valence-electron chi connectivity index (χ0n) is 15.1. The molecule has 0 atom stereocenters. The smallest absolute Gasteiger partial charge is 0.219 e. The van der Waals surface area contributed by atoms with Crippen LogP contribution in [0.15, 0.2) is 0 Å². The van der Waals surface area contributed by atoms with E-state index in [1.54, 1.807) is 0 Å². The Kier molecular flexibility index (Phi) is 20.3. The van der Waals surface area contributed by atoms with Gasteiger partial charge in [0, 0.05) is 24.5 Å². The lowest BCUT2D eigenvalue weighted by molar-refractivity contribution is -0.121. The molecule has 0 aromatic rings. The number of carbonyl (C=O) groups is 1. The molecule has 3 N–H and O–H groups in total. The van der Waals surface area contributed by atoms with E-state index < -0.39 is 0 Å². The zero-order valence-corrected chi connectivity index (χ0v) is 16.7. The van der Waals surface area contributed by atoms with Crippen molar-refractivity contribution >= 4 is 27.5 Å². The fourth-order valence-electron chi connectivity index (χ4n) is 2.41. The van der Waals surface area contributed by atoms with Crippen molar-refractivity contribution in [3.05, 3.63) is 0 Å². The van der Waals surface area contributed by atoms with Crippen molar-refractivity contribution in [3.8, 4) is 0 Å². The number of rotatable bonds is 18. The summed E-state index contributed by atoms with van der Waals surface area (Å²) in [4.78, 5) is 11.6. The molecule has 0 aromatic heterocycles. The van der Waals surface area contributed by atoms with Crippen LogP contribution in [0.4, 0.5) is 0 Å². The summed E-state index contributed by atoms with van der Waals surface area (Å²) in [5, 5.41) is 3.00. The molecule has 1 amide bonds. The molecule has 0 saturated heterocycles. The molecule has 0 saturated carbocycles. The highest BCUT2D eigenvalue weighted by Gasteiger charge is 2.00. The van der Waals surface area contributed by atoms with Gasteiger partial charge in [0.2, 0.25) is 5.91 Å². The normalized spacial score (nSPS) is 10.9. The monoisotopic (exact) mass is 362 g/mol. The Morgan fingerprint density at radius 2 is 1.43 bits per heavy atom. The summed E-state index contributed by atoms with van der Waals surface area (Å²) in [7, 11) is 3.99. The minimum atomic E-state index is 0.222. The summed E-state index contributed by atoms with van der Waals surface area (Å²) in [6.45, 7) is 3.78. The molecule has 0 bridgehead atoms. The summed E-state index contributed by atoms with van der Waals surface area (Å²) >= 11 is 0. The summed E-state index contributed by atoms with van der Waals surface area (Å²) in [5.41, 5.74) is 5.44. The van der Waals surface area contributed by atoms with Crippen LogP contribution in [0.1, 0.15) is 84.0 Å². The van der Waals surface area contributed by atoms with Crippen LogP contribution in [0.5, 0.6) is 0 Å². The van der Waals surface area contributed by atoms with Crippen LogP contribution < -0.4 is 11.1 Å². The first-order valence-corrected chi connectivity index (χ1v) is 12.0. The Balaban J connectivity index is 3.10. The Morgan fingerprint density at radius 1 is 0.826 bits per heavy atom. The summed E-state index contributed by atoms with van der Waals surface area (Å²) in [6.07, 6.45) is 14.3. The largest absolute Gasteiger partial charge is 0.356 e. The molecule has 23 heavy (non-hydrogen) atoms. The molecule has 0 rings (SSSR count). The fourth-order valence-corrected chi connectivity index (χ4v) is 4.23. The molecule has 5 heteroatoms. The van der Waals surface area contributed by atoms with Crippen LogP contribution in [0, 0.1) is 0 Å². The van der Waals surface area contributed by atoms with Crippen molar-refractivity contribution in [1.82, 2.24) is 5.32 Å². The SMILES string of the molecule is CCSSCCCCCCCCCCC(=O)NCCCCCN. The van der Waals surface area contributed by atoms with Crippen LogP contribution in [0.25, 0.3) is 0 Å². The zero-order chi connectivity index (χ0) is 17.0. The van der Waals surface area contributed by atoms with Gasteiger partial charge in [0.1, 0.15) is 0 Å². The molecule has 3 nitrogen and oxygen atoms in total. The number of nitrogens with two attached hydrogens (primary N) is 1. The van der Waals surface area contributed by atoms with Crippen molar-refractivity contribution in [3.63, 3.8) is 0 Å². The van der Waals surface area contributed by atoms with E-state index in [4.69, 9.17) is 5.73 Å². The second-order valence-corrected chi connectivity index (χ2v) is 8.88. The van der Waals surface area contributed by atoms with Crippen molar-refractivity contribution in [2.45, 2.75) is 84.0 Å². The molecule has 0 unspecified atom stereocenters. The maximum absolute atomic E-state index is 11.6. The molecule has 0 aliphatic rings. The number of hydrogen-bond acceptors (Lipinski definition) is 4. The van der Waals surface area contributed by atoms with Gasteiger partial charge in [0.25, 0.3) is 0 Å². The van der Waals surface area contributed by atoms with E-state index in [1.165, 1.54) is 56.5 Å². The average Bonchev–Trinajstić information content (AvgIpc) is 2.55. The van der Waals surface area contributed by atoms with E-state index in [0.29, 0.717) is 6.42 Å². The third kappa shape index (κ3) is 20.1. The Morgan fingerprint density at radius 3 is 2.09 bits per heavy atom. The molecule has 0 fully saturated rings. The van der Waals surface area contributed by atoms with E-state index in [9.17, 15) is 4.79 Å². The summed E-state index contributed by atoms with van der Waals surface area (Å²) in [6, 6.07) is 0. The predicted molar refractivity (Wildman–Crippen MR) is 108 cm³/mol. The van der Waals surface area contributed by atoms with Gasteiger partial charge in [-0.25, -0.2) is 0 Å². The topological polar surface area (TPSA) is 55.1 Å². The van der Waals surface area contributed by atoms with Crippen LogP contribution in [0.3, 0.4) is 0 Å². The first-order chi connectivity index (χ1) is 11.3. The average molecular weight is 363 g/mol. The Bertz CT molecular complexity index is 253. The molecule has 0 aliphatic carbocycles. The van der Waals surface area contributed by atoms with Crippen LogP contribution in [-0.4, -0.2) is 30.5 Å². The third-order valence-corrected chi connectivity index (χ3v) is 6.35. The van der Waals surface area contributed by atoms with Crippen LogP contribution in [-0.2, 0) is 4.79 Å². The highest BCUT2D eigenvalue weighted by molar-refractivity contribution is 8.76. The molecule has 0 spiro atoms. The maximum atomic E-state index is 11.6. The first kappa shape index (κ1) is 23.1. The molecular weight excluding hydrogens is 324 g/mol. The van der Waals surface area contributed by atoms with E-state index in [2.05, 4.69) is 12.2 Å².